The van der Waals surface area contributed by atoms with Gasteiger partial charge in [0, 0.05) is 44.2 Å². The molecular formula is C24H32ClN3O4S. The molecule has 1 N–H and O–H groups in total. The van der Waals surface area contributed by atoms with Crippen LogP contribution in [-0.2, 0) is 32.6 Å². The van der Waals surface area contributed by atoms with Gasteiger partial charge in [-0.1, -0.05) is 41.9 Å². The minimum absolute atomic E-state index is 0.107. The normalized spacial score (nSPS) is 14.8. The van der Waals surface area contributed by atoms with Crippen molar-refractivity contribution in [2.75, 3.05) is 43.4 Å². The van der Waals surface area contributed by atoms with Crippen molar-refractivity contribution in [2.45, 2.75) is 32.9 Å². The topological polar surface area (TPSA) is 79.0 Å². The fourth-order valence-corrected chi connectivity index (χ4v) is 5.04. The first-order valence-corrected chi connectivity index (χ1v) is 13.3. The minimum Gasteiger partial charge on any atom is -0.379 e. The van der Waals surface area contributed by atoms with Gasteiger partial charge in [0.25, 0.3) is 0 Å². The van der Waals surface area contributed by atoms with Gasteiger partial charge >= 0.3 is 0 Å². The van der Waals surface area contributed by atoms with Gasteiger partial charge in [-0.25, -0.2) is 8.42 Å². The second-order valence-corrected chi connectivity index (χ2v) is 10.6. The Morgan fingerprint density at radius 2 is 1.85 bits per heavy atom. The Morgan fingerprint density at radius 3 is 2.58 bits per heavy atom. The van der Waals surface area contributed by atoms with E-state index < -0.39 is 10.0 Å². The largest absolute Gasteiger partial charge is 0.379 e. The molecule has 0 atom stereocenters. The molecule has 3 rings (SSSR count). The molecule has 2 aromatic carbocycles. The van der Waals surface area contributed by atoms with Gasteiger partial charge in [-0.2, -0.15) is 0 Å². The SMILES string of the molecule is Cc1c(Cl)cccc1N(CCCC(=O)NCc1cccc(CN2CCOCC2)c1)S(C)(=O)=O. The van der Waals surface area contributed by atoms with Crippen molar-refractivity contribution in [1.29, 1.82) is 0 Å². The summed E-state index contributed by atoms with van der Waals surface area (Å²) in [6.45, 7) is 6.71. The number of carbonyl (C=O) groups excluding carboxylic acids is 1. The van der Waals surface area contributed by atoms with Crippen molar-refractivity contribution in [1.82, 2.24) is 10.2 Å². The Kier molecular flexibility index (Phi) is 9.14. The fourth-order valence-electron chi connectivity index (χ4n) is 3.86. The van der Waals surface area contributed by atoms with Crippen LogP contribution in [0.25, 0.3) is 0 Å². The van der Waals surface area contributed by atoms with E-state index in [-0.39, 0.29) is 18.9 Å². The first-order valence-electron chi connectivity index (χ1n) is 11.1. The Labute approximate surface area is 201 Å². The highest BCUT2D eigenvalue weighted by Gasteiger charge is 2.20. The van der Waals surface area contributed by atoms with Gasteiger partial charge < -0.3 is 10.1 Å². The molecule has 0 aliphatic carbocycles. The number of halogens is 1. The number of ether oxygens (including phenoxy) is 1. The number of sulfonamides is 1. The summed E-state index contributed by atoms with van der Waals surface area (Å²) in [4.78, 5) is 14.7. The van der Waals surface area contributed by atoms with Crippen LogP contribution in [0.3, 0.4) is 0 Å². The summed E-state index contributed by atoms with van der Waals surface area (Å²) in [6.07, 6.45) is 1.80. The van der Waals surface area contributed by atoms with Crippen LogP contribution in [0, 0.1) is 6.92 Å². The average Bonchev–Trinajstić information content (AvgIpc) is 2.78. The van der Waals surface area contributed by atoms with Crippen molar-refractivity contribution >= 4 is 33.2 Å². The van der Waals surface area contributed by atoms with E-state index in [0.29, 0.717) is 29.2 Å². The van der Waals surface area contributed by atoms with Crippen LogP contribution in [0.5, 0.6) is 0 Å². The first-order chi connectivity index (χ1) is 15.7. The maximum Gasteiger partial charge on any atom is 0.232 e. The van der Waals surface area contributed by atoms with Crippen LogP contribution >= 0.6 is 11.6 Å². The zero-order chi connectivity index (χ0) is 23.8. The van der Waals surface area contributed by atoms with Gasteiger partial charge in [0.2, 0.25) is 15.9 Å². The monoisotopic (exact) mass is 493 g/mol. The molecule has 9 heteroatoms. The van der Waals surface area contributed by atoms with E-state index in [9.17, 15) is 13.2 Å². The third-order valence-corrected chi connectivity index (χ3v) is 7.25. The molecule has 7 nitrogen and oxygen atoms in total. The number of morpholine rings is 1. The van der Waals surface area contributed by atoms with Crippen LogP contribution in [0.2, 0.25) is 5.02 Å². The summed E-state index contributed by atoms with van der Waals surface area (Å²) in [5.41, 5.74) is 3.50. The smallest absolute Gasteiger partial charge is 0.232 e. The predicted octanol–water partition coefficient (Wildman–Crippen LogP) is 3.34. The van der Waals surface area contributed by atoms with E-state index in [1.165, 1.54) is 9.87 Å². The Morgan fingerprint density at radius 1 is 1.15 bits per heavy atom. The summed E-state index contributed by atoms with van der Waals surface area (Å²) in [6, 6.07) is 13.4. The van der Waals surface area contributed by atoms with Gasteiger partial charge in [0.1, 0.15) is 0 Å². The number of nitrogens with zero attached hydrogens (tertiary/aromatic N) is 2. The van der Waals surface area contributed by atoms with Gasteiger partial charge in [0.15, 0.2) is 0 Å². The zero-order valence-electron chi connectivity index (χ0n) is 19.2. The van der Waals surface area contributed by atoms with E-state index in [0.717, 1.165) is 44.7 Å². The van der Waals surface area contributed by atoms with Crippen LogP contribution in [0.15, 0.2) is 42.5 Å². The summed E-state index contributed by atoms with van der Waals surface area (Å²) in [7, 11) is -3.50. The van der Waals surface area contributed by atoms with Crippen LogP contribution < -0.4 is 9.62 Å². The third-order valence-electron chi connectivity index (χ3n) is 5.66. The number of anilines is 1. The fraction of sp³-hybridized carbons (Fsp3) is 0.458. The highest BCUT2D eigenvalue weighted by atomic mass is 35.5. The summed E-state index contributed by atoms with van der Waals surface area (Å²) in [5, 5.41) is 3.45. The molecule has 33 heavy (non-hydrogen) atoms. The second kappa shape index (κ2) is 11.8. The second-order valence-electron chi connectivity index (χ2n) is 8.31. The molecule has 0 bridgehead atoms. The van der Waals surface area contributed by atoms with E-state index in [1.807, 2.05) is 12.1 Å². The molecule has 1 fully saturated rings. The predicted molar refractivity (Wildman–Crippen MR) is 132 cm³/mol. The van der Waals surface area contributed by atoms with Gasteiger partial charge in [-0.15, -0.1) is 0 Å². The maximum atomic E-state index is 12.4. The molecule has 2 aromatic rings. The van der Waals surface area contributed by atoms with E-state index in [4.69, 9.17) is 16.3 Å². The maximum absolute atomic E-state index is 12.4. The Hall–Kier alpha value is -2.13. The lowest BCUT2D eigenvalue weighted by Gasteiger charge is -2.26. The number of hydrogen-bond acceptors (Lipinski definition) is 5. The van der Waals surface area contributed by atoms with E-state index >= 15 is 0 Å². The molecule has 1 aliphatic heterocycles. The molecule has 0 aromatic heterocycles. The lowest BCUT2D eigenvalue weighted by molar-refractivity contribution is -0.121. The number of nitrogens with one attached hydrogen (secondary N) is 1. The number of benzene rings is 2. The number of rotatable bonds is 10. The molecule has 1 heterocycles. The zero-order valence-corrected chi connectivity index (χ0v) is 20.8. The van der Waals surface area contributed by atoms with Crippen molar-refractivity contribution in [3.63, 3.8) is 0 Å². The molecule has 1 aliphatic rings. The molecule has 1 amide bonds. The number of amides is 1. The molecule has 0 unspecified atom stereocenters. The van der Waals surface area contributed by atoms with Gasteiger partial charge in [0.05, 0.1) is 25.2 Å². The number of hydrogen-bond donors (Lipinski definition) is 1. The Bertz CT molecular complexity index is 1060. The average molecular weight is 494 g/mol. The highest BCUT2D eigenvalue weighted by Crippen LogP contribution is 2.28. The first kappa shape index (κ1) is 25.5. The lowest BCUT2D eigenvalue weighted by atomic mass is 10.1. The number of carbonyl (C=O) groups is 1. The van der Waals surface area contributed by atoms with Gasteiger partial charge in [-0.05, 0) is 42.2 Å². The molecular weight excluding hydrogens is 462 g/mol. The molecule has 0 radical (unpaired) electrons. The standard InChI is InChI=1S/C24H32ClN3O4S/c1-19-22(25)8-4-9-23(19)28(33(2,30)31)11-5-10-24(29)26-17-20-6-3-7-21(16-20)18-27-12-14-32-15-13-27/h3-4,6-9,16H,5,10-15,17-18H2,1-2H3,(H,26,29). The Balaban J connectivity index is 1.49. The van der Waals surface area contributed by atoms with Crippen LogP contribution in [0.4, 0.5) is 5.69 Å². The lowest BCUT2D eigenvalue weighted by Crippen LogP contribution is -2.35. The van der Waals surface area contributed by atoms with Gasteiger partial charge in [-0.3, -0.25) is 14.0 Å². The summed E-state index contributed by atoms with van der Waals surface area (Å²) in [5.74, 6) is -0.107. The molecule has 1 saturated heterocycles. The quantitative estimate of drug-likeness (QED) is 0.549. The van der Waals surface area contributed by atoms with Crippen molar-refractivity contribution in [3.8, 4) is 0 Å². The van der Waals surface area contributed by atoms with Crippen molar-refractivity contribution in [3.05, 3.63) is 64.2 Å². The van der Waals surface area contributed by atoms with Crippen molar-refractivity contribution in [2.24, 2.45) is 0 Å². The van der Waals surface area contributed by atoms with E-state index in [1.54, 1.807) is 25.1 Å². The minimum atomic E-state index is -3.50. The molecule has 0 saturated carbocycles. The molecule has 0 spiro atoms. The highest BCUT2D eigenvalue weighted by molar-refractivity contribution is 7.92. The van der Waals surface area contributed by atoms with Crippen molar-refractivity contribution < 1.29 is 17.9 Å². The van der Waals surface area contributed by atoms with E-state index in [2.05, 4.69) is 22.3 Å². The van der Waals surface area contributed by atoms with Crippen LogP contribution in [0.1, 0.15) is 29.5 Å². The summed E-state index contributed by atoms with van der Waals surface area (Å²) >= 11 is 6.16. The third kappa shape index (κ3) is 7.71. The summed E-state index contributed by atoms with van der Waals surface area (Å²) < 4.78 is 31.4. The molecule has 180 valence electrons. The van der Waals surface area contributed by atoms with Crippen LogP contribution in [-0.4, -0.2) is 58.3 Å².